The summed E-state index contributed by atoms with van der Waals surface area (Å²) in [5.41, 5.74) is 4.16. The number of nitrogens with zero attached hydrogens (tertiary/aromatic N) is 2. The third-order valence-electron chi connectivity index (χ3n) is 5.90. The molecular formula is C23H25N3O2S. The highest BCUT2D eigenvalue weighted by molar-refractivity contribution is 8.00. The van der Waals surface area contributed by atoms with Gasteiger partial charge in [0.1, 0.15) is 0 Å². The van der Waals surface area contributed by atoms with Crippen molar-refractivity contribution in [2.24, 2.45) is 0 Å². The summed E-state index contributed by atoms with van der Waals surface area (Å²) in [5, 5.41) is 18.7. The molecule has 0 bridgehead atoms. The summed E-state index contributed by atoms with van der Waals surface area (Å²) in [5.74, 6) is -0.401. The van der Waals surface area contributed by atoms with E-state index in [2.05, 4.69) is 15.7 Å². The Balaban J connectivity index is 1.62. The highest BCUT2D eigenvalue weighted by Crippen LogP contribution is 2.42. The molecule has 150 valence electrons. The first-order valence-corrected chi connectivity index (χ1v) is 11.1. The van der Waals surface area contributed by atoms with Crippen molar-refractivity contribution in [3.8, 4) is 6.07 Å². The fourth-order valence-corrected chi connectivity index (χ4v) is 4.94. The lowest BCUT2D eigenvalue weighted by atomic mass is 9.80. The Bertz CT molecular complexity index is 944. The molecule has 1 aliphatic heterocycles. The molecular weight excluding hydrogens is 382 g/mol. The van der Waals surface area contributed by atoms with Crippen LogP contribution in [0.4, 0.5) is 11.4 Å². The van der Waals surface area contributed by atoms with E-state index in [1.54, 1.807) is 12.1 Å². The van der Waals surface area contributed by atoms with E-state index in [1.807, 2.05) is 24.3 Å². The molecule has 6 heteroatoms. The van der Waals surface area contributed by atoms with E-state index in [-0.39, 0.29) is 0 Å². The molecule has 2 aromatic carbocycles. The Kier molecular flexibility index (Phi) is 5.96. The molecule has 5 nitrogen and oxygen atoms in total. The Morgan fingerprint density at radius 2 is 1.90 bits per heavy atom. The Labute approximate surface area is 175 Å². The minimum absolute atomic E-state index is 0.305. The van der Waals surface area contributed by atoms with E-state index in [9.17, 15) is 15.2 Å². The predicted octanol–water partition coefficient (Wildman–Crippen LogP) is 5.63. The molecule has 0 amide bonds. The molecule has 1 heterocycles. The minimum atomic E-state index is -0.910. The van der Waals surface area contributed by atoms with Gasteiger partial charge in [-0.15, -0.1) is 0 Å². The van der Waals surface area contributed by atoms with Gasteiger partial charge < -0.3 is 14.7 Å². The summed E-state index contributed by atoms with van der Waals surface area (Å²) in [4.78, 5) is 14.8. The number of carboxylic acid groups (broad SMARTS) is 1. The van der Waals surface area contributed by atoms with Crippen molar-refractivity contribution in [3.63, 3.8) is 0 Å². The van der Waals surface area contributed by atoms with Gasteiger partial charge in [0.15, 0.2) is 0 Å². The average molecular weight is 408 g/mol. The normalized spacial score (nSPS) is 16.7. The molecule has 2 aliphatic rings. The lowest BCUT2D eigenvalue weighted by Crippen LogP contribution is -2.29. The third kappa shape index (κ3) is 4.35. The average Bonchev–Trinajstić information content (AvgIpc) is 2.72. The number of hydrogen-bond acceptors (Lipinski definition) is 5. The van der Waals surface area contributed by atoms with Crippen LogP contribution < -0.4 is 9.62 Å². The monoisotopic (exact) mass is 407 g/mol. The lowest BCUT2D eigenvalue weighted by Gasteiger charge is -2.31. The zero-order valence-electron chi connectivity index (χ0n) is 16.4. The summed E-state index contributed by atoms with van der Waals surface area (Å²) in [7, 11) is 0. The van der Waals surface area contributed by atoms with Crippen molar-refractivity contribution < 1.29 is 9.90 Å². The summed E-state index contributed by atoms with van der Waals surface area (Å²) in [6.07, 6.45) is 7.16. The SMILES string of the molecule is N#Cc1ccc(N2CCCCC2)c(NSc2cc(C(=O)O)ccc2C2CCC2)c1. The van der Waals surface area contributed by atoms with Crippen LogP contribution in [0.2, 0.25) is 0 Å². The van der Waals surface area contributed by atoms with Gasteiger partial charge in [-0.1, -0.05) is 12.5 Å². The van der Waals surface area contributed by atoms with E-state index in [1.165, 1.54) is 43.2 Å². The zero-order valence-corrected chi connectivity index (χ0v) is 17.2. The van der Waals surface area contributed by atoms with Crippen LogP contribution in [-0.2, 0) is 0 Å². The summed E-state index contributed by atoms with van der Waals surface area (Å²) in [6, 6.07) is 13.4. The molecule has 2 aromatic rings. The van der Waals surface area contributed by atoms with Crippen LogP contribution in [0.5, 0.6) is 0 Å². The maximum absolute atomic E-state index is 11.5. The number of nitriles is 1. The molecule has 2 fully saturated rings. The second-order valence-electron chi connectivity index (χ2n) is 7.78. The van der Waals surface area contributed by atoms with Crippen LogP contribution >= 0.6 is 11.9 Å². The molecule has 2 N–H and O–H groups in total. The Hall–Kier alpha value is -2.65. The number of nitrogens with one attached hydrogen (secondary N) is 1. The van der Waals surface area contributed by atoms with Crippen LogP contribution in [0.25, 0.3) is 0 Å². The summed E-state index contributed by atoms with van der Waals surface area (Å²) < 4.78 is 3.44. The zero-order chi connectivity index (χ0) is 20.2. The van der Waals surface area contributed by atoms with E-state index in [4.69, 9.17) is 0 Å². The molecule has 0 aromatic heterocycles. The third-order valence-corrected chi connectivity index (χ3v) is 6.79. The molecule has 1 saturated heterocycles. The maximum Gasteiger partial charge on any atom is 0.335 e. The van der Waals surface area contributed by atoms with Gasteiger partial charge in [0, 0.05) is 18.0 Å². The molecule has 4 rings (SSSR count). The second-order valence-corrected chi connectivity index (χ2v) is 8.63. The standard InChI is InChI=1S/C23H25N3O2S/c24-15-16-7-10-21(26-11-2-1-3-12-26)20(13-16)25-29-22-14-18(23(27)28)8-9-19(22)17-5-4-6-17/h7-10,13-14,17,25H,1-6,11-12H2,(H,27,28). The van der Waals surface area contributed by atoms with Crippen LogP contribution in [0.1, 0.15) is 65.9 Å². The first-order chi connectivity index (χ1) is 14.2. The van der Waals surface area contributed by atoms with Crippen LogP contribution in [-0.4, -0.2) is 24.2 Å². The fourth-order valence-electron chi connectivity index (χ4n) is 4.02. The maximum atomic E-state index is 11.5. The molecule has 1 aliphatic carbocycles. The largest absolute Gasteiger partial charge is 0.478 e. The van der Waals surface area contributed by atoms with Gasteiger partial charge in [-0.05, 0) is 85.9 Å². The van der Waals surface area contributed by atoms with Crippen molar-refractivity contribution in [2.45, 2.75) is 49.3 Å². The van der Waals surface area contributed by atoms with Crippen LogP contribution in [0.15, 0.2) is 41.3 Å². The topological polar surface area (TPSA) is 76.4 Å². The van der Waals surface area contributed by atoms with Crippen molar-refractivity contribution in [1.82, 2.24) is 0 Å². The minimum Gasteiger partial charge on any atom is -0.478 e. The molecule has 0 unspecified atom stereocenters. The quantitative estimate of drug-likeness (QED) is 0.604. The van der Waals surface area contributed by atoms with E-state index < -0.39 is 5.97 Å². The highest BCUT2D eigenvalue weighted by atomic mass is 32.2. The first kappa shape index (κ1) is 19.7. The smallest absolute Gasteiger partial charge is 0.335 e. The van der Waals surface area contributed by atoms with Crippen molar-refractivity contribution >= 4 is 29.3 Å². The molecule has 0 radical (unpaired) electrons. The Morgan fingerprint density at radius 3 is 2.55 bits per heavy atom. The number of aromatic carboxylic acids is 1. The van der Waals surface area contributed by atoms with Gasteiger partial charge in [0.2, 0.25) is 0 Å². The van der Waals surface area contributed by atoms with Crippen LogP contribution in [0, 0.1) is 11.3 Å². The number of anilines is 2. The van der Waals surface area contributed by atoms with Crippen LogP contribution in [0.3, 0.4) is 0 Å². The van der Waals surface area contributed by atoms with E-state index in [0.29, 0.717) is 17.0 Å². The van der Waals surface area contributed by atoms with Crippen molar-refractivity contribution in [2.75, 3.05) is 22.7 Å². The van der Waals surface area contributed by atoms with Gasteiger partial charge in [-0.2, -0.15) is 5.26 Å². The number of hydrogen-bond donors (Lipinski definition) is 2. The molecule has 1 saturated carbocycles. The molecule has 0 spiro atoms. The van der Waals surface area contributed by atoms with Crippen molar-refractivity contribution in [3.05, 3.63) is 53.1 Å². The Morgan fingerprint density at radius 1 is 1.10 bits per heavy atom. The molecule has 29 heavy (non-hydrogen) atoms. The molecule has 0 atom stereocenters. The first-order valence-electron chi connectivity index (χ1n) is 10.2. The van der Waals surface area contributed by atoms with Gasteiger partial charge in [0.05, 0.1) is 28.6 Å². The van der Waals surface area contributed by atoms with Gasteiger partial charge in [0.25, 0.3) is 0 Å². The summed E-state index contributed by atoms with van der Waals surface area (Å²) >= 11 is 1.46. The second kappa shape index (κ2) is 8.79. The predicted molar refractivity (Wildman–Crippen MR) is 117 cm³/mol. The fraction of sp³-hybridized carbons (Fsp3) is 0.391. The number of piperidine rings is 1. The van der Waals surface area contributed by atoms with E-state index >= 15 is 0 Å². The number of carbonyl (C=O) groups is 1. The number of carboxylic acids is 1. The van der Waals surface area contributed by atoms with Gasteiger partial charge >= 0.3 is 5.97 Å². The number of benzene rings is 2. The number of rotatable bonds is 6. The van der Waals surface area contributed by atoms with Gasteiger partial charge in [-0.25, -0.2) is 4.79 Å². The summed E-state index contributed by atoms with van der Waals surface area (Å²) in [6.45, 7) is 2.04. The highest BCUT2D eigenvalue weighted by Gasteiger charge is 2.24. The van der Waals surface area contributed by atoms with Crippen molar-refractivity contribution in [1.29, 1.82) is 5.26 Å². The van der Waals surface area contributed by atoms with E-state index in [0.717, 1.165) is 42.2 Å². The van der Waals surface area contributed by atoms with Gasteiger partial charge in [-0.3, -0.25) is 0 Å². The lowest BCUT2D eigenvalue weighted by molar-refractivity contribution is 0.0696.